The summed E-state index contributed by atoms with van der Waals surface area (Å²) in [5.41, 5.74) is 5.97. The highest BCUT2D eigenvalue weighted by Gasteiger charge is 2.25. The monoisotopic (exact) mass is 312 g/mol. The fraction of sp³-hybridized carbons (Fsp3) is 0.692. The van der Waals surface area contributed by atoms with Crippen LogP contribution in [0.15, 0.2) is 16.9 Å². The van der Waals surface area contributed by atoms with Crippen molar-refractivity contribution < 1.29 is 0 Å². The maximum atomic E-state index is 5.97. The maximum absolute atomic E-state index is 5.97. The minimum Gasteiger partial charge on any atom is -0.338 e. The zero-order valence-electron chi connectivity index (χ0n) is 10.8. The summed E-state index contributed by atoms with van der Waals surface area (Å²) in [5.74, 6) is 0.848. The van der Waals surface area contributed by atoms with Gasteiger partial charge < -0.3 is 10.6 Å². The topological polar surface area (TPSA) is 55.0 Å². The van der Waals surface area contributed by atoms with Crippen molar-refractivity contribution in [3.05, 3.63) is 16.9 Å². The van der Waals surface area contributed by atoms with Crippen LogP contribution in [0.3, 0.4) is 0 Å². The molecule has 2 N–H and O–H groups in total. The average Bonchev–Trinajstić information content (AvgIpc) is 2.39. The summed E-state index contributed by atoms with van der Waals surface area (Å²) in [5, 5.41) is 0. The molecule has 100 valence electrons. The minimum absolute atomic E-state index is 0.385. The van der Waals surface area contributed by atoms with Gasteiger partial charge in [-0.05, 0) is 48.0 Å². The summed E-state index contributed by atoms with van der Waals surface area (Å²) in [4.78, 5) is 11.2. The zero-order chi connectivity index (χ0) is 13.0. The Morgan fingerprint density at radius 3 is 2.44 bits per heavy atom. The van der Waals surface area contributed by atoms with Crippen molar-refractivity contribution >= 4 is 21.9 Å². The molecule has 0 atom stereocenters. The highest BCUT2D eigenvalue weighted by atomic mass is 79.9. The van der Waals surface area contributed by atoms with E-state index in [9.17, 15) is 0 Å². The van der Waals surface area contributed by atoms with Crippen molar-refractivity contribution in [3.63, 3.8) is 0 Å². The van der Waals surface area contributed by atoms with Crippen LogP contribution in [0, 0.1) is 0 Å². The smallest absolute Gasteiger partial charge is 0.225 e. The van der Waals surface area contributed by atoms with Crippen LogP contribution in [-0.2, 0) is 0 Å². The Kier molecular flexibility index (Phi) is 4.95. The first-order chi connectivity index (χ1) is 8.70. The summed E-state index contributed by atoms with van der Waals surface area (Å²) in [6.07, 6.45) is 9.28. The summed E-state index contributed by atoms with van der Waals surface area (Å²) >= 11 is 3.38. The molecule has 1 aliphatic carbocycles. The standard InChI is InChI=1S/C13H21BrN4/c1-2-7-18(12-5-3-11(15)4-6-12)13-16-8-10(14)9-17-13/h8-9,11-12H,2-7,15H2,1H3. The molecule has 18 heavy (non-hydrogen) atoms. The van der Waals surface area contributed by atoms with Gasteiger partial charge in [-0.2, -0.15) is 0 Å². The lowest BCUT2D eigenvalue weighted by Crippen LogP contribution is -2.42. The molecular weight excluding hydrogens is 292 g/mol. The van der Waals surface area contributed by atoms with Gasteiger partial charge in [0.05, 0.1) is 4.47 Å². The van der Waals surface area contributed by atoms with Crippen molar-refractivity contribution in [2.24, 2.45) is 5.73 Å². The Morgan fingerprint density at radius 2 is 1.89 bits per heavy atom. The van der Waals surface area contributed by atoms with Crippen LogP contribution in [0.4, 0.5) is 5.95 Å². The Bertz CT molecular complexity index is 360. The fourth-order valence-electron chi connectivity index (χ4n) is 2.55. The van der Waals surface area contributed by atoms with Gasteiger partial charge >= 0.3 is 0 Å². The zero-order valence-corrected chi connectivity index (χ0v) is 12.4. The van der Waals surface area contributed by atoms with E-state index in [1.54, 1.807) is 0 Å². The van der Waals surface area contributed by atoms with Crippen molar-refractivity contribution in [3.8, 4) is 0 Å². The van der Waals surface area contributed by atoms with Crippen molar-refractivity contribution in [1.82, 2.24) is 9.97 Å². The molecule has 0 saturated heterocycles. The van der Waals surface area contributed by atoms with Crippen LogP contribution < -0.4 is 10.6 Å². The second-order valence-corrected chi connectivity index (χ2v) is 5.88. The third-order valence-electron chi connectivity index (χ3n) is 3.51. The predicted octanol–water partition coefficient (Wildman–Crippen LogP) is 2.73. The molecule has 1 saturated carbocycles. The maximum Gasteiger partial charge on any atom is 0.225 e. The number of nitrogens with zero attached hydrogens (tertiary/aromatic N) is 3. The van der Waals surface area contributed by atoms with E-state index in [0.717, 1.165) is 49.1 Å². The van der Waals surface area contributed by atoms with Gasteiger partial charge in [-0.3, -0.25) is 0 Å². The molecule has 0 bridgehead atoms. The summed E-state index contributed by atoms with van der Waals surface area (Å²) in [7, 11) is 0. The van der Waals surface area contributed by atoms with Crippen LogP contribution in [0.5, 0.6) is 0 Å². The number of halogens is 1. The number of rotatable bonds is 4. The Morgan fingerprint density at radius 1 is 1.28 bits per heavy atom. The van der Waals surface area contributed by atoms with Crippen LogP contribution in [0.1, 0.15) is 39.0 Å². The Hall–Kier alpha value is -0.680. The van der Waals surface area contributed by atoms with Crippen LogP contribution >= 0.6 is 15.9 Å². The first kappa shape index (κ1) is 13.7. The largest absolute Gasteiger partial charge is 0.338 e. The number of aromatic nitrogens is 2. The molecule has 5 heteroatoms. The molecule has 1 aromatic rings. The number of anilines is 1. The lowest BCUT2D eigenvalue weighted by atomic mass is 9.91. The molecule has 0 aromatic carbocycles. The van der Waals surface area contributed by atoms with Gasteiger partial charge in [-0.1, -0.05) is 6.92 Å². The second-order valence-electron chi connectivity index (χ2n) is 4.96. The normalized spacial score (nSPS) is 23.9. The fourth-order valence-corrected chi connectivity index (χ4v) is 2.76. The molecule has 1 aliphatic rings. The molecule has 1 heterocycles. The lowest BCUT2D eigenvalue weighted by molar-refractivity contribution is 0.372. The molecule has 0 spiro atoms. The third kappa shape index (κ3) is 3.42. The number of hydrogen-bond donors (Lipinski definition) is 1. The van der Waals surface area contributed by atoms with E-state index >= 15 is 0 Å². The van der Waals surface area contributed by atoms with Gasteiger partial charge in [0.1, 0.15) is 0 Å². The van der Waals surface area contributed by atoms with Crippen molar-refractivity contribution in [1.29, 1.82) is 0 Å². The van der Waals surface area contributed by atoms with E-state index in [2.05, 4.69) is 37.7 Å². The lowest BCUT2D eigenvalue weighted by Gasteiger charge is -2.36. The Labute approximate surface area is 117 Å². The van der Waals surface area contributed by atoms with E-state index < -0.39 is 0 Å². The van der Waals surface area contributed by atoms with Crippen molar-refractivity contribution in [2.75, 3.05) is 11.4 Å². The van der Waals surface area contributed by atoms with Gasteiger partial charge in [0.15, 0.2) is 0 Å². The molecular formula is C13H21BrN4. The molecule has 2 rings (SSSR count). The molecule has 0 amide bonds. The first-order valence-electron chi connectivity index (χ1n) is 6.70. The summed E-state index contributed by atoms with van der Waals surface area (Å²) < 4.78 is 0.924. The third-order valence-corrected chi connectivity index (χ3v) is 3.92. The molecule has 0 aliphatic heterocycles. The molecule has 0 unspecified atom stereocenters. The highest BCUT2D eigenvalue weighted by molar-refractivity contribution is 9.10. The van der Waals surface area contributed by atoms with E-state index in [4.69, 9.17) is 5.73 Å². The van der Waals surface area contributed by atoms with Crippen LogP contribution in [0.25, 0.3) is 0 Å². The number of nitrogens with two attached hydrogens (primary N) is 1. The van der Waals surface area contributed by atoms with Crippen LogP contribution in [-0.4, -0.2) is 28.6 Å². The van der Waals surface area contributed by atoms with Gasteiger partial charge in [-0.15, -0.1) is 0 Å². The predicted molar refractivity (Wildman–Crippen MR) is 77.6 cm³/mol. The summed E-state index contributed by atoms with van der Waals surface area (Å²) in [6, 6.07) is 0.932. The highest BCUT2D eigenvalue weighted by Crippen LogP contribution is 2.25. The first-order valence-corrected chi connectivity index (χ1v) is 7.49. The molecule has 1 aromatic heterocycles. The van der Waals surface area contributed by atoms with Crippen LogP contribution in [0.2, 0.25) is 0 Å². The van der Waals surface area contributed by atoms with E-state index in [1.165, 1.54) is 0 Å². The van der Waals surface area contributed by atoms with E-state index in [-0.39, 0.29) is 0 Å². The Balaban J connectivity index is 2.09. The number of hydrogen-bond acceptors (Lipinski definition) is 4. The minimum atomic E-state index is 0.385. The molecule has 0 radical (unpaired) electrons. The molecule has 4 nitrogen and oxygen atoms in total. The summed E-state index contributed by atoms with van der Waals surface area (Å²) in [6.45, 7) is 3.21. The van der Waals surface area contributed by atoms with E-state index in [0.29, 0.717) is 12.1 Å². The van der Waals surface area contributed by atoms with Gasteiger partial charge in [0, 0.05) is 31.0 Å². The van der Waals surface area contributed by atoms with Gasteiger partial charge in [0.25, 0.3) is 0 Å². The van der Waals surface area contributed by atoms with Gasteiger partial charge in [-0.25, -0.2) is 9.97 Å². The average molecular weight is 313 g/mol. The second kappa shape index (κ2) is 6.48. The SMILES string of the molecule is CCCN(c1ncc(Br)cn1)C1CCC(N)CC1. The van der Waals surface area contributed by atoms with Crippen molar-refractivity contribution in [2.45, 2.75) is 51.1 Å². The quantitative estimate of drug-likeness (QED) is 0.928. The molecule has 1 fully saturated rings. The van der Waals surface area contributed by atoms with E-state index in [1.807, 2.05) is 12.4 Å². The van der Waals surface area contributed by atoms with Gasteiger partial charge in [0.2, 0.25) is 5.95 Å².